The Balaban J connectivity index is 1.81. The van der Waals surface area contributed by atoms with Crippen LogP contribution in [-0.2, 0) is 9.53 Å². The molecule has 4 heteroatoms. The lowest BCUT2D eigenvalue weighted by Gasteiger charge is -2.28. The molecule has 0 aromatic heterocycles. The summed E-state index contributed by atoms with van der Waals surface area (Å²) in [5.74, 6) is -1.01. The van der Waals surface area contributed by atoms with E-state index >= 15 is 0 Å². The van der Waals surface area contributed by atoms with Gasteiger partial charge in [0, 0.05) is 13.1 Å². The molecule has 0 amide bonds. The van der Waals surface area contributed by atoms with E-state index in [1.165, 1.54) is 32.1 Å². The summed E-state index contributed by atoms with van der Waals surface area (Å²) in [6.45, 7) is 6.27. The maximum Gasteiger partial charge on any atom is 0.307 e. The Morgan fingerprint density at radius 3 is 2.68 bits per heavy atom. The standard InChI is InChI=1S/C15H27NO3/c1-3-16(10-12(2)14(17)18)11-13-6-9-15(19-13)7-4-5-8-15/h12-13H,3-11H2,1-2H3,(H,17,18). The Morgan fingerprint density at radius 1 is 1.42 bits per heavy atom. The molecule has 4 nitrogen and oxygen atoms in total. The van der Waals surface area contributed by atoms with Crippen molar-refractivity contribution in [2.24, 2.45) is 5.92 Å². The largest absolute Gasteiger partial charge is 0.481 e. The third-order valence-electron chi connectivity index (χ3n) is 4.72. The summed E-state index contributed by atoms with van der Waals surface area (Å²) in [6.07, 6.45) is 7.70. The number of nitrogens with zero attached hydrogens (tertiary/aromatic N) is 1. The van der Waals surface area contributed by atoms with Crippen LogP contribution in [0.3, 0.4) is 0 Å². The Kier molecular flexibility index (Phi) is 4.85. The van der Waals surface area contributed by atoms with E-state index in [0.29, 0.717) is 12.6 Å². The molecule has 0 bridgehead atoms. The first-order valence-corrected chi connectivity index (χ1v) is 7.67. The van der Waals surface area contributed by atoms with Crippen LogP contribution < -0.4 is 0 Å². The van der Waals surface area contributed by atoms with Crippen molar-refractivity contribution in [1.29, 1.82) is 0 Å². The number of hydrogen-bond acceptors (Lipinski definition) is 3. The second kappa shape index (κ2) is 6.23. The zero-order chi connectivity index (χ0) is 13.9. The molecule has 1 aliphatic heterocycles. The van der Waals surface area contributed by atoms with Crippen molar-refractivity contribution in [3.8, 4) is 0 Å². The van der Waals surface area contributed by atoms with Gasteiger partial charge in [-0.2, -0.15) is 0 Å². The van der Waals surface area contributed by atoms with Gasteiger partial charge < -0.3 is 14.7 Å². The number of ether oxygens (including phenoxy) is 1. The Hall–Kier alpha value is -0.610. The first-order valence-electron chi connectivity index (χ1n) is 7.67. The van der Waals surface area contributed by atoms with Crippen LogP contribution >= 0.6 is 0 Å². The van der Waals surface area contributed by atoms with Crippen molar-refractivity contribution < 1.29 is 14.6 Å². The average Bonchev–Trinajstić information content (AvgIpc) is 2.99. The van der Waals surface area contributed by atoms with Gasteiger partial charge in [-0.25, -0.2) is 0 Å². The number of aliphatic carboxylic acids is 1. The fourth-order valence-corrected chi connectivity index (χ4v) is 3.50. The van der Waals surface area contributed by atoms with Crippen LogP contribution in [0.5, 0.6) is 0 Å². The van der Waals surface area contributed by atoms with Crippen molar-refractivity contribution in [3.63, 3.8) is 0 Å². The molecular weight excluding hydrogens is 242 g/mol. The van der Waals surface area contributed by atoms with E-state index in [2.05, 4.69) is 11.8 Å². The molecule has 1 heterocycles. The zero-order valence-corrected chi connectivity index (χ0v) is 12.2. The summed E-state index contributed by atoms with van der Waals surface area (Å²) in [5.41, 5.74) is 0.183. The van der Waals surface area contributed by atoms with Gasteiger partial charge in [0.15, 0.2) is 0 Å². The summed E-state index contributed by atoms with van der Waals surface area (Å²) in [6, 6.07) is 0. The lowest BCUT2D eigenvalue weighted by Crippen LogP contribution is -2.38. The SMILES string of the molecule is CCN(CC1CCC2(CCCC2)O1)CC(C)C(=O)O. The average molecular weight is 269 g/mol. The molecule has 2 atom stereocenters. The highest BCUT2D eigenvalue weighted by atomic mass is 16.5. The van der Waals surface area contributed by atoms with Gasteiger partial charge in [0.05, 0.1) is 17.6 Å². The van der Waals surface area contributed by atoms with Crippen molar-refractivity contribution in [1.82, 2.24) is 4.90 Å². The van der Waals surface area contributed by atoms with Crippen LogP contribution in [0.1, 0.15) is 52.4 Å². The number of likely N-dealkylation sites (N-methyl/N-ethyl adjacent to an activating group) is 1. The van der Waals surface area contributed by atoms with Gasteiger partial charge in [-0.15, -0.1) is 0 Å². The lowest BCUT2D eigenvalue weighted by molar-refractivity contribution is -0.142. The summed E-state index contributed by atoms with van der Waals surface area (Å²) in [5, 5.41) is 9.00. The number of carboxylic acid groups (broad SMARTS) is 1. The summed E-state index contributed by atoms with van der Waals surface area (Å²) in [7, 11) is 0. The quantitative estimate of drug-likeness (QED) is 0.805. The second-order valence-corrected chi connectivity index (χ2v) is 6.26. The number of hydrogen-bond donors (Lipinski definition) is 1. The van der Waals surface area contributed by atoms with E-state index in [1.807, 2.05) is 0 Å². The Morgan fingerprint density at radius 2 is 2.11 bits per heavy atom. The second-order valence-electron chi connectivity index (χ2n) is 6.26. The van der Waals surface area contributed by atoms with Gasteiger partial charge in [-0.1, -0.05) is 26.7 Å². The Labute approximate surface area is 116 Å². The predicted octanol–water partition coefficient (Wildman–Crippen LogP) is 2.52. The van der Waals surface area contributed by atoms with E-state index in [4.69, 9.17) is 9.84 Å². The van der Waals surface area contributed by atoms with Gasteiger partial charge in [-0.05, 0) is 32.2 Å². The third-order valence-corrected chi connectivity index (χ3v) is 4.72. The van der Waals surface area contributed by atoms with Crippen LogP contribution in [0.25, 0.3) is 0 Å². The molecule has 0 radical (unpaired) electrons. The molecule has 1 saturated carbocycles. The van der Waals surface area contributed by atoms with Gasteiger partial charge in [0.2, 0.25) is 0 Å². The molecule has 2 fully saturated rings. The fourth-order valence-electron chi connectivity index (χ4n) is 3.50. The molecule has 0 aromatic rings. The lowest BCUT2D eigenvalue weighted by atomic mass is 9.98. The highest BCUT2D eigenvalue weighted by molar-refractivity contribution is 5.69. The molecule has 0 aromatic carbocycles. The van der Waals surface area contributed by atoms with Crippen molar-refractivity contribution in [2.45, 2.75) is 64.1 Å². The van der Waals surface area contributed by atoms with E-state index < -0.39 is 5.97 Å². The molecule has 1 spiro atoms. The van der Waals surface area contributed by atoms with Gasteiger partial charge in [0.1, 0.15) is 0 Å². The number of carbonyl (C=O) groups is 1. The molecule has 1 N–H and O–H groups in total. The first kappa shape index (κ1) is 14.8. The summed E-state index contributed by atoms with van der Waals surface area (Å²) >= 11 is 0. The topological polar surface area (TPSA) is 49.8 Å². The van der Waals surface area contributed by atoms with Gasteiger partial charge in [0.25, 0.3) is 0 Å². The zero-order valence-electron chi connectivity index (χ0n) is 12.2. The number of rotatable bonds is 6. The maximum atomic E-state index is 10.9. The van der Waals surface area contributed by atoms with E-state index in [1.54, 1.807) is 6.92 Å². The predicted molar refractivity (Wildman–Crippen MR) is 74.2 cm³/mol. The smallest absolute Gasteiger partial charge is 0.307 e. The highest BCUT2D eigenvalue weighted by Gasteiger charge is 2.42. The molecular formula is C15H27NO3. The van der Waals surface area contributed by atoms with Crippen molar-refractivity contribution in [3.05, 3.63) is 0 Å². The highest BCUT2D eigenvalue weighted by Crippen LogP contribution is 2.43. The number of carboxylic acids is 1. The maximum absolute atomic E-state index is 10.9. The first-order chi connectivity index (χ1) is 9.04. The van der Waals surface area contributed by atoms with Crippen LogP contribution in [0.4, 0.5) is 0 Å². The van der Waals surface area contributed by atoms with Crippen LogP contribution in [-0.4, -0.2) is 47.3 Å². The van der Waals surface area contributed by atoms with E-state index in [0.717, 1.165) is 19.5 Å². The monoisotopic (exact) mass is 269 g/mol. The Bertz CT molecular complexity index is 313. The normalized spacial score (nSPS) is 27.2. The van der Waals surface area contributed by atoms with Crippen LogP contribution in [0.2, 0.25) is 0 Å². The molecule has 110 valence electrons. The van der Waals surface area contributed by atoms with Crippen LogP contribution in [0, 0.1) is 5.92 Å². The molecule has 2 unspecified atom stereocenters. The minimum Gasteiger partial charge on any atom is -0.481 e. The molecule has 19 heavy (non-hydrogen) atoms. The van der Waals surface area contributed by atoms with Crippen molar-refractivity contribution in [2.75, 3.05) is 19.6 Å². The fraction of sp³-hybridized carbons (Fsp3) is 0.933. The van der Waals surface area contributed by atoms with Crippen LogP contribution in [0.15, 0.2) is 0 Å². The molecule has 2 aliphatic rings. The minimum absolute atomic E-state index is 0.183. The van der Waals surface area contributed by atoms with Gasteiger partial charge >= 0.3 is 5.97 Å². The molecule has 2 rings (SSSR count). The summed E-state index contributed by atoms with van der Waals surface area (Å²) in [4.78, 5) is 13.2. The van der Waals surface area contributed by atoms with E-state index in [9.17, 15) is 4.79 Å². The third kappa shape index (κ3) is 3.69. The minimum atomic E-state index is -0.710. The van der Waals surface area contributed by atoms with Gasteiger partial charge in [-0.3, -0.25) is 4.79 Å². The summed E-state index contributed by atoms with van der Waals surface area (Å²) < 4.78 is 6.30. The molecule has 1 saturated heterocycles. The van der Waals surface area contributed by atoms with E-state index in [-0.39, 0.29) is 11.5 Å². The molecule has 1 aliphatic carbocycles. The van der Waals surface area contributed by atoms with Crippen molar-refractivity contribution >= 4 is 5.97 Å².